The van der Waals surface area contributed by atoms with Crippen LogP contribution in [-0.2, 0) is 4.79 Å². The van der Waals surface area contributed by atoms with Crippen LogP contribution >= 0.6 is 9.24 Å². The van der Waals surface area contributed by atoms with Crippen LogP contribution in [0, 0.1) is 0 Å². The second-order valence-electron chi connectivity index (χ2n) is 1.79. The van der Waals surface area contributed by atoms with Gasteiger partial charge in [0.2, 0.25) is 6.41 Å². The molecule has 1 saturated carbocycles. The highest BCUT2D eigenvalue weighted by atomic mass is 31.0. The van der Waals surface area contributed by atoms with E-state index in [2.05, 4.69) is 14.6 Å². The summed E-state index contributed by atoms with van der Waals surface area (Å²) in [7, 11) is 2.66. The SMILES string of the molecule is O=CN[C@H]1C[C@@H]1P. The van der Waals surface area contributed by atoms with E-state index in [1.54, 1.807) is 0 Å². The minimum absolute atomic E-state index is 0.461. The van der Waals surface area contributed by atoms with Gasteiger partial charge in [0.25, 0.3) is 0 Å². The minimum atomic E-state index is 0.461. The number of carbonyl (C=O) groups is 1. The maximum atomic E-state index is 9.68. The molecule has 3 heteroatoms. The van der Waals surface area contributed by atoms with Crippen LogP contribution in [-0.4, -0.2) is 18.1 Å². The Hall–Kier alpha value is -0.100. The van der Waals surface area contributed by atoms with E-state index in [1.807, 2.05) is 0 Å². The summed E-state index contributed by atoms with van der Waals surface area (Å²) in [6.07, 6.45) is 1.89. The monoisotopic (exact) mass is 117 g/mol. The molecule has 1 aliphatic rings. The molecule has 3 atom stereocenters. The van der Waals surface area contributed by atoms with Gasteiger partial charge >= 0.3 is 0 Å². The topological polar surface area (TPSA) is 29.1 Å². The zero-order valence-electron chi connectivity index (χ0n) is 3.92. The highest BCUT2D eigenvalue weighted by molar-refractivity contribution is 7.18. The van der Waals surface area contributed by atoms with E-state index in [-0.39, 0.29) is 0 Å². The number of carbonyl (C=O) groups excluding carboxylic acids is 1. The first-order valence-corrected chi connectivity index (χ1v) is 2.96. The molecule has 40 valence electrons. The summed E-state index contributed by atoms with van der Waals surface area (Å²) in [5.41, 5.74) is 0.644. The molecular formula is C4H8NOP. The van der Waals surface area contributed by atoms with Crippen molar-refractivity contribution in [1.29, 1.82) is 0 Å². The summed E-state index contributed by atoms with van der Waals surface area (Å²) in [6, 6.07) is 0.461. The second kappa shape index (κ2) is 1.79. The Balaban J connectivity index is 2.08. The first-order valence-electron chi connectivity index (χ1n) is 2.30. The molecule has 2 nitrogen and oxygen atoms in total. The van der Waals surface area contributed by atoms with Crippen molar-refractivity contribution in [2.24, 2.45) is 0 Å². The fourth-order valence-corrected chi connectivity index (χ4v) is 0.898. The Bertz CT molecular complexity index is 85.8. The molecule has 7 heavy (non-hydrogen) atoms. The van der Waals surface area contributed by atoms with Crippen molar-refractivity contribution in [3.05, 3.63) is 0 Å². The van der Waals surface area contributed by atoms with Crippen LogP contribution in [0.4, 0.5) is 0 Å². The third kappa shape index (κ3) is 1.13. The van der Waals surface area contributed by atoms with Crippen molar-refractivity contribution in [3.8, 4) is 0 Å². The van der Waals surface area contributed by atoms with Gasteiger partial charge in [0.05, 0.1) is 0 Å². The second-order valence-corrected chi connectivity index (χ2v) is 2.65. The smallest absolute Gasteiger partial charge is 0.207 e. The van der Waals surface area contributed by atoms with Gasteiger partial charge in [-0.3, -0.25) is 4.79 Å². The average molecular weight is 117 g/mol. The third-order valence-electron chi connectivity index (χ3n) is 1.12. The summed E-state index contributed by atoms with van der Waals surface area (Å²) in [4.78, 5) is 9.68. The molecule has 1 N–H and O–H groups in total. The number of rotatable bonds is 2. The van der Waals surface area contributed by atoms with Gasteiger partial charge in [-0.25, -0.2) is 0 Å². The molecule has 0 aromatic heterocycles. The number of nitrogens with one attached hydrogen (secondary N) is 1. The lowest BCUT2D eigenvalue weighted by Crippen LogP contribution is -2.14. The quantitative estimate of drug-likeness (QED) is 0.392. The first-order chi connectivity index (χ1) is 3.34. The normalized spacial score (nSPS) is 37.3. The zero-order chi connectivity index (χ0) is 5.28. The summed E-state index contributed by atoms with van der Waals surface area (Å²) in [6.45, 7) is 0. The van der Waals surface area contributed by atoms with Crippen molar-refractivity contribution in [2.45, 2.75) is 18.1 Å². The summed E-state index contributed by atoms with van der Waals surface area (Å²) >= 11 is 0. The number of amides is 1. The van der Waals surface area contributed by atoms with Crippen LogP contribution in [0.3, 0.4) is 0 Å². The lowest BCUT2D eigenvalue weighted by Gasteiger charge is -1.86. The molecule has 0 bridgehead atoms. The predicted molar refractivity (Wildman–Crippen MR) is 31.1 cm³/mol. The van der Waals surface area contributed by atoms with Crippen molar-refractivity contribution >= 4 is 15.6 Å². The van der Waals surface area contributed by atoms with Gasteiger partial charge in [0.1, 0.15) is 0 Å². The molecular weight excluding hydrogens is 109 g/mol. The Morgan fingerprint density at radius 1 is 1.86 bits per heavy atom. The van der Waals surface area contributed by atoms with E-state index in [1.165, 1.54) is 0 Å². The summed E-state index contributed by atoms with van der Waals surface area (Å²) in [5, 5.41) is 2.67. The third-order valence-corrected chi connectivity index (χ3v) is 1.86. The van der Waals surface area contributed by atoms with Crippen molar-refractivity contribution in [1.82, 2.24) is 5.32 Å². The molecule has 0 saturated heterocycles. The molecule has 1 fully saturated rings. The van der Waals surface area contributed by atoms with Crippen LogP contribution in [0.1, 0.15) is 6.42 Å². The predicted octanol–water partition coefficient (Wildman–Crippen LogP) is -0.252. The fraction of sp³-hybridized carbons (Fsp3) is 0.750. The average Bonchev–Trinajstić information content (AvgIpc) is 2.22. The largest absolute Gasteiger partial charge is 0.355 e. The first kappa shape index (κ1) is 5.04. The van der Waals surface area contributed by atoms with E-state index in [0.29, 0.717) is 11.7 Å². The maximum absolute atomic E-state index is 9.68. The minimum Gasteiger partial charge on any atom is -0.355 e. The van der Waals surface area contributed by atoms with E-state index >= 15 is 0 Å². The van der Waals surface area contributed by atoms with E-state index in [4.69, 9.17) is 0 Å². The molecule has 0 aromatic rings. The molecule has 0 heterocycles. The van der Waals surface area contributed by atoms with E-state index in [0.717, 1.165) is 12.8 Å². The lowest BCUT2D eigenvalue weighted by atomic mass is 10.7. The van der Waals surface area contributed by atoms with Gasteiger partial charge in [-0.05, 0) is 12.1 Å². The van der Waals surface area contributed by atoms with Gasteiger partial charge in [-0.1, -0.05) is 0 Å². The Labute approximate surface area is 44.9 Å². The summed E-state index contributed by atoms with van der Waals surface area (Å²) in [5.74, 6) is 0. The van der Waals surface area contributed by atoms with Crippen molar-refractivity contribution < 1.29 is 4.79 Å². The zero-order valence-corrected chi connectivity index (χ0v) is 5.08. The van der Waals surface area contributed by atoms with Crippen LogP contribution < -0.4 is 5.32 Å². The molecule has 0 aliphatic heterocycles. The van der Waals surface area contributed by atoms with Gasteiger partial charge in [-0.2, -0.15) is 0 Å². The Morgan fingerprint density at radius 2 is 2.43 bits per heavy atom. The molecule has 1 unspecified atom stereocenters. The molecule has 0 radical (unpaired) electrons. The van der Waals surface area contributed by atoms with E-state index in [9.17, 15) is 4.79 Å². The fourth-order valence-electron chi connectivity index (χ4n) is 0.494. The lowest BCUT2D eigenvalue weighted by molar-refractivity contribution is -0.109. The van der Waals surface area contributed by atoms with Gasteiger partial charge < -0.3 is 5.32 Å². The van der Waals surface area contributed by atoms with Gasteiger partial charge in [-0.15, -0.1) is 9.24 Å². The number of hydrogen-bond acceptors (Lipinski definition) is 1. The highest BCUT2D eigenvalue weighted by Gasteiger charge is 2.31. The van der Waals surface area contributed by atoms with Crippen LogP contribution in [0.2, 0.25) is 0 Å². The Morgan fingerprint density at radius 3 is 2.57 bits per heavy atom. The maximum Gasteiger partial charge on any atom is 0.207 e. The molecule has 1 aliphatic carbocycles. The molecule has 1 amide bonds. The standard InChI is InChI=1S/C4H8NOP/c6-2-5-3-1-4(3)7/h2-4H,1,7H2,(H,5,6)/t3-,4-/m0/s1. The van der Waals surface area contributed by atoms with Crippen LogP contribution in [0.25, 0.3) is 0 Å². The van der Waals surface area contributed by atoms with Gasteiger partial charge in [0.15, 0.2) is 0 Å². The number of hydrogen-bond donors (Lipinski definition) is 1. The molecule has 0 aromatic carbocycles. The summed E-state index contributed by atoms with van der Waals surface area (Å²) < 4.78 is 0. The van der Waals surface area contributed by atoms with Crippen LogP contribution in [0.5, 0.6) is 0 Å². The Kier molecular flexibility index (Phi) is 1.29. The molecule has 1 rings (SSSR count). The molecule has 0 spiro atoms. The van der Waals surface area contributed by atoms with E-state index < -0.39 is 0 Å². The van der Waals surface area contributed by atoms with Crippen molar-refractivity contribution in [3.63, 3.8) is 0 Å². The van der Waals surface area contributed by atoms with Gasteiger partial charge in [0, 0.05) is 6.04 Å². The highest BCUT2D eigenvalue weighted by Crippen LogP contribution is 2.29. The van der Waals surface area contributed by atoms with Crippen molar-refractivity contribution in [2.75, 3.05) is 0 Å². The van der Waals surface area contributed by atoms with Crippen LogP contribution in [0.15, 0.2) is 0 Å².